The van der Waals surface area contributed by atoms with Crippen molar-refractivity contribution < 1.29 is 19.6 Å². The molecule has 0 spiro atoms. The van der Waals surface area contributed by atoms with Crippen LogP contribution in [0.2, 0.25) is 0 Å². The van der Waals surface area contributed by atoms with Gasteiger partial charge in [0.25, 0.3) is 0 Å². The van der Waals surface area contributed by atoms with Crippen molar-refractivity contribution in [3.8, 4) is 0 Å². The molecule has 38 heavy (non-hydrogen) atoms. The second kappa shape index (κ2) is 8.54. The van der Waals surface area contributed by atoms with Crippen LogP contribution in [-0.4, -0.2) is 28.8 Å². The minimum atomic E-state index is -0.590. The lowest BCUT2D eigenvalue weighted by Gasteiger charge is -2.73. The number of carbonyl (C=O) groups excluding carboxylic acids is 3. The molecule has 0 radical (unpaired) electrons. The van der Waals surface area contributed by atoms with Crippen LogP contribution >= 0.6 is 0 Å². The molecule has 5 saturated carbocycles. The summed E-state index contributed by atoms with van der Waals surface area (Å²) >= 11 is 0. The largest absolute Gasteiger partial charge is 0.353 e. The van der Waals surface area contributed by atoms with Gasteiger partial charge < -0.3 is 5.32 Å². The van der Waals surface area contributed by atoms with Crippen LogP contribution in [0.3, 0.4) is 0 Å². The van der Waals surface area contributed by atoms with Gasteiger partial charge in [-0.15, -0.1) is 0 Å². The van der Waals surface area contributed by atoms with E-state index in [9.17, 15) is 19.6 Å². The molecule has 0 saturated heterocycles. The highest BCUT2D eigenvalue weighted by Crippen LogP contribution is 2.76. The fourth-order valence-electron chi connectivity index (χ4n) is 11.7. The Morgan fingerprint density at radius 3 is 2.13 bits per heavy atom. The number of nitrogens with one attached hydrogen (secondary N) is 2. The van der Waals surface area contributed by atoms with Gasteiger partial charge in [0.15, 0.2) is 0 Å². The van der Waals surface area contributed by atoms with E-state index in [0.717, 1.165) is 57.8 Å². The number of rotatable bonds is 2. The Bertz CT molecular complexity index is 1040. The van der Waals surface area contributed by atoms with Crippen LogP contribution in [0.1, 0.15) is 120 Å². The molecule has 10 atom stereocenters. The Balaban J connectivity index is 1.52. The number of carbonyl (C=O) groups is 3. The fourth-order valence-corrected chi connectivity index (χ4v) is 11.7. The van der Waals surface area contributed by atoms with Crippen molar-refractivity contribution >= 4 is 17.6 Å². The molecule has 3 N–H and O–H groups in total. The van der Waals surface area contributed by atoms with Gasteiger partial charge in [-0.25, -0.2) is 5.48 Å². The number of ketones is 1. The summed E-state index contributed by atoms with van der Waals surface area (Å²) in [5.74, 6) is 1.20. The van der Waals surface area contributed by atoms with E-state index in [1.165, 1.54) is 0 Å². The van der Waals surface area contributed by atoms with Crippen molar-refractivity contribution in [1.29, 1.82) is 0 Å². The Kier molecular flexibility index (Phi) is 6.31. The van der Waals surface area contributed by atoms with Crippen LogP contribution in [-0.2, 0) is 14.4 Å². The second-order valence-electron chi connectivity index (χ2n) is 16.2. The van der Waals surface area contributed by atoms with E-state index < -0.39 is 5.41 Å². The third kappa shape index (κ3) is 3.56. The lowest BCUT2D eigenvalue weighted by atomic mass is 9.31. The number of Topliss-reactive ketones (excluding diaryl/α,β-unsaturated/α-hetero) is 1. The lowest BCUT2D eigenvalue weighted by Crippen LogP contribution is -2.70. The first-order chi connectivity index (χ1) is 17.5. The molecule has 214 valence electrons. The van der Waals surface area contributed by atoms with Gasteiger partial charge in [-0.2, -0.15) is 0 Å². The van der Waals surface area contributed by atoms with E-state index in [4.69, 9.17) is 0 Å². The Morgan fingerprint density at radius 1 is 0.842 bits per heavy atom. The van der Waals surface area contributed by atoms with Crippen LogP contribution in [0, 0.1) is 56.2 Å². The molecular formula is C32H52N2O4. The summed E-state index contributed by atoms with van der Waals surface area (Å²) in [5.41, 5.74) is 1.33. The molecule has 1 unspecified atom stereocenters. The van der Waals surface area contributed by atoms with E-state index in [0.29, 0.717) is 24.0 Å². The molecule has 0 heterocycles. The molecule has 0 aromatic heterocycles. The summed E-state index contributed by atoms with van der Waals surface area (Å²) in [6.45, 7) is 18.0. The molecule has 5 fully saturated rings. The summed E-state index contributed by atoms with van der Waals surface area (Å²) in [7, 11) is 0. The fraction of sp³-hybridized carbons (Fsp3) is 0.906. The molecule has 0 aliphatic heterocycles. The summed E-state index contributed by atoms with van der Waals surface area (Å²) in [4.78, 5) is 39.3. The van der Waals surface area contributed by atoms with E-state index in [-0.39, 0.29) is 56.8 Å². The summed E-state index contributed by atoms with van der Waals surface area (Å²) < 4.78 is 0. The first kappa shape index (κ1) is 28.1. The quantitative estimate of drug-likeness (QED) is 0.300. The van der Waals surface area contributed by atoms with Crippen LogP contribution in [0.5, 0.6) is 0 Å². The normalized spacial score (nSPS) is 51.5. The Labute approximate surface area is 229 Å². The SMILES string of the molecule is CC(=O)N[C@H]1CC[C@@]2(C)C(CC[C@]3(C)[C@@H]2C(=O)C[C@@H]2[C@H]4C[C@@](C)(C(=O)NO)CC[C@]4(C)CC[C@]23C)C1(C)C. The van der Waals surface area contributed by atoms with E-state index in [1.54, 1.807) is 6.92 Å². The van der Waals surface area contributed by atoms with Gasteiger partial charge in [0.05, 0.1) is 0 Å². The molecule has 6 nitrogen and oxygen atoms in total. The third-order valence-electron chi connectivity index (χ3n) is 14.2. The average molecular weight is 529 g/mol. The van der Waals surface area contributed by atoms with Crippen molar-refractivity contribution in [3.63, 3.8) is 0 Å². The predicted octanol–water partition coefficient (Wildman–Crippen LogP) is 6.06. The van der Waals surface area contributed by atoms with Crippen LogP contribution < -0.4 is 10.8 Å². The minimum absolute atomic E-state index is 0.0348. The van der Waals surface area contributed by atoms with Gasteiger partial charge in [-0.3, -0.25) is 19.6 Å². The van der Waals surface area contributed by atoms with Gasteiger partial charge in [0, 0.05) is 30.7 Å². The number of hydrogen-bond acceptors (Lipinski definition) is 4. The third-order valence-corrected chi connectivity index (χ3v) is 14.2. The zero-order chi connectivity index (χ0) is 28.1. The van der Waals surface area contributed by atoms with Gasteiger partial charge >= 0.3 is 0 Å². The highest BCUT2D eigenvalue weighted by atomic mass is 16.5. The van der Waals surface area contributed by atoms with Gasteiger partial charge in [0.1, 0.15) is 5.78 Å². The number of hydroxylamine groups is 1. The molecular weight excluding hydrogens is 476 g/mol. The molecule has 0 bridgehead atoms. The van der Waals surface area contributed by atoms with E-state index in [1.807, 2.05) is 12.4 Å². The number of hydrogen-bond donors (Lipinski definition) is 3. The van der Waals surface area contributed by atoms with Crippen molar-refractivity contribution in [3.05, 3.63) is 0 Å². The highest BCUT2D eigenvalue weighted by Gasteiger charge is 2.72. The topological polar surface area (TPSA) is 95.5 Å². The van der Waals surface area contributed by atoms with Gasteiger partial charge in [-0.1, -0.05) is 48.5 Å². The standard InChI is InChI=1S/C32H52N2O4/c1-19(35)33-24-10-11-30(6)23(27(24,2)3)9-12-32(8)25(30)22(36)17-20-21-18-29(5,26(37)34-38)14-13-28(21,4)15-16-31(20,32)7/h20-21,23-25,38H,9-18H2,1-8H3,(H,33,35)(H,34,37)/t20-,21-,23?,24+,25-,28-,29+,30+,31-,32-/m1/s1. The molecule has 2 amide bonds. The number of fused-ring (bicyclic) bond motifs is 7. The van der Waals surface area contributed by atoms with Gasteiger partial charge in [0.2, 0.25) is 11.8 Å². The van der Waals surface area contributed by atoms with Gasteiger partial charge in [-0.05, 0) is 103 Å². The monoisotopic (exact) mass is 528 g/mol. The number of amides is 2. The van der Waals surface area contributed by atoms with Crippen molar-refractivity contribution in [2.24, 2.45) is 56.2 Å². The summed E-state index contributed by atoms with van der Waals surface area (Å²) in [6.07, 6.45) is 9.46. The van der Waals surface area contributed by atoms with Crippen molar-refractivity contribution in [1.82, 2.24) is 10.8 Å². The van der Waals surface area contributed by atoms with Crippen LogP contribution in [0.15, 0.2) is 0 Å². The zero-order valence-corrected chi connectivity index (χ0v) is 25.1. The summed E-state index contributed by atoms with van der Waals surface area (Å²) in [6, 6.07) is 0.150. The molecule has 6 heteroatoms. The zero-order valence-electron chi connectivity index (χ0n) is 25.1. The van der Waals surface area contributed by atoms with Crippen molar-refractivity contribution in [2.75, 3.05) is 0 Å². The van der Waals surface area contributed by atoms with Crippen molar-refractivity contribution in [2.45, 2.75) is 126 Å². The molecule has 5 aliphatic carbocycles. The van der Waals surface area contributed by atoms with E-state index >= 15 is 0 Å². The minimum Gasteiger partial charge on any atom is -0.353 e. The Morgan fingerprint density at radius 2 is 1.50 bits per heavy atom. The maximum absolute atomic E-state index is 14.5. The lowest BCUT2D eigenvalue weighted by molar-refractivity contribution is -0.236. The second-order valence-corrected chi connectivity index (χ2v) is 16.2. The summed E-state index contributed by atoms with van der Waals surface area (Å²) in [5, 5.41) is 12.8. The Hall–Kier alpha value is -1.43. The smallest absolute Gasteiger partial charge is 0.249 e. The molecule has 5 aliphatic rings. The molecule has 5 rings (SSSR count). The van der Waals surface area contributed by atoms with Crippen LogP contribution in [0.25, 0.3) is 0 Å². The maximum atomic E-state index is 14.5. The average Bonchev–Trinajstić information content (AvgIpc) is 2.82. The highest BCUT2D eigenvalue weighted by molar-refractivity contribution is 5.85. The molecule has 0 aromatic rings. The van der Waals surface area contributed by atoms with E-state index in [2.05, 4.69) is 46.9 Å². The molecule has 0 aromatic carbocycles. The first-order valence-electron chi connectivity index (χ1n) is 15.2. The maximum Gasteiger partial charge on any atom is 0.249 e. The first-order valence-corrected chi connectivity index (χ1v) is 15.2. The van der Waals surface area contributed by atoms with Crippen LogP contribution in [0.4, 0.5) is 0 Å². The predicted molar refractivity (Wildman–Crippen MR) is 147 cm³/mol.